The Bertz CT molecular complexity index is 424. The third kappa shape index (κ3) is 6.71. The molecule has 1 amide bonds. The van der Waals surface area contributed by atoms with Gasteiger partial charge in [0.1, 0.15) is 6.10 Å². The average molecular weight is 294 g/mol. The molecule has 0 bridgehead atoms. The van der Waals surface area contributed by atoms with Crippen molar-refractivity contribution >= 4 is 11.6 Å². The number of amides is 1. The molecule has 0 heterocycles. The molecule has 1 aromatic carbocycles. The molecule has 1 aromatic rings. The summed E-state index contributed by atoms with van der Waals surface area (Å²) in [4.78, 5) is 12.1. The van der Waals surface area contributed by atoms with Gasteiger partial charge in [-0.3, -0.25) is 4.79 Å². The Morgan fingerprint density at radius 1 is 1.24 bits per heavy atom. The summed E-state index contributed by atoms with van der Waals surface area (Å²) in [6.07, 6.45) is -0.502. The van der Waals surface area contributed by atoms with Gasteiger partial charge in [0.2, 0.25) is 0 Å². The average Bonchev–Trinajstić information content (AvgIpc) is 2.50. The first-order valence-electron chi connectivity index (χ1n) is 7.47. The minimum absolute atomic E-state index is 0.143. The molecule has 0 aromatic heterocycles. The zero-order valence-electron chi connectivity index (χ0n) is 13.1. The van der Waals surface area contributed by atoms with Gasteiger partial charge in [-0.05, 0) is 32.0 Å². The highest BCUT2D eigenvalue weighted by Crippen LogP contribution is 2.15. The first-order chi connectivity index (χ1) is 10.2. The van der Waals surface area contributed by atoms with E-state index in [1.165, 1.54) is 0 Å². The number of para-hydroxylation sites is 1. The summed E-state index contributed by atoms with van der Waals surface area (Å²) in [5.41, 5.74) is 1.89. The number of benzene rings is 1. The summed E-state index contributed by atoms with van der Waals surface area (Å²) in [5, 5.41) is 6.17. The third-order valence-electron chi connectivity index (χ3n) is 3.01. The Hall–Kier alpha value is -1.43. The van der Waals surface area contributed by atoms with Gasteiger partial charge in [0, 0.05) is 18.8 Å². The topological polar surface area (TPSA) is 59.6 Å². The molecular formula is C16H26N2O3. The zero-order chi connectivity index (χ0) is 15.5. The van der Waals surface area contributed by atoms with Gasteiger partial charge in [-0.2, -0.15) is 0 Å². The lowest BCUT2D eigenvalue weighted by molar-refractivity contribution is -0.127. The predicted octanol–water partition coefficient (Wildman–Crippen LogP) is 2.18. The fourth-order valence-corrected chi connectivity index (χ4v) is 1.79. The Labute approximate surface area is 127 Å². The minimum Gasteiger partial charge on any atom is -0.379 e. The molecule has 0 spiro atoms. The van der Waals surface area contributed by atoms with E-state index in [1.54, 1.807) is 6.92 Å². The van der Waals surface area contributed by atoms with E-state index in [0.717, 1.165) is 24.3 Å². The third-order valence-corrected chi connectivity index (χ3v) is 3.01. The lowest BCUT2D eigenvalue weighted by Gasteiger charge is -2.15. The lowest BCUT2D eigenvalue weighted by atomic mass is 10.1. The summed E-state index contributed by atoms with van der Waals surface area (Å²) in [7, 11) is 0. The van der Waals surface area contributed by atoms with Crippen LogP contribution in [0.1, 0.15) is 26.3 Å². The second kappa shape index (κ2) is 10.3. The van der Waals surface area contributed by atoms with Gasteiger partial charge in [-0.15, -0.1) is 0 Å². The molecule has 1 unspecified atom stereocenters. The van der Waals surface area contributed by atoms with E-state index >= 15 is 0 Å². The second-order valence-electron chi connectivity index (χ2n) is 4.64. The summed E-state index contributed by atoms with van der Waals surface area (Å²) >= 11 is 0. The van der Waals surface area contributed by atoms with E-state index in [0.29, 0.717) is 19.8 Å². The minimum atomic E-state index is -0.502. The number of ether oxygens (including phenoxy) is 2. The van der Waals surface area contributed by atoms with Gasteiger partial charge < -0.3 is 20.1 Å². The van der Waals surface area contributed by atoms with Gasteiger partial charge in [0.25, 0.3) is 5.91 Å². The molecule has 0 aliphatic rings. The summed E-state index contributed by atoms with van der Waals surface area (Å²) < 4.78 is 10.6. The summed E-state index contributed by atoms with van der Waals surface area (Å²) in [5.74, 6) is -0.143. The van der Waals surface area contributed by atoms with Crippen LogP contribution < -0.4 is 10.6 Å². The quantitative estimate of drug-likeness (QED) is 0.649. The fraction of sp³-hybridized carbons (Fsp3) is 0.562. The highest BCUT2D eigenvalue weighted by Gasteiger charge is 2.14. The van der Waals surface area contributed by atoms with E-state index in [-0.39, 0.29) is 5.91 Å². The van der Waals surface area contributed by atoms with Gasteiger partial charge in [0.05, 0.1) is 13.2 Å². The number of hydrogen-bond acceptors (Lipinski definition) is 4. The van der Waals surface area contributed by atoms with Crippen LogP contribution in [-0.2, 0) is 20.8 Å². The molecule has 1 rings (SSSR count). The van der Waals surface area contributed by atoms with Crippen molar-refractivity contribution in [1.29, 1.82) is 0 Å². The van der Waals surface area contributed by atoms with Crippen molar-refractivity contribution in [1.82, 2.24) is 5.32 Å². The molecule has 0 radical (unpaired) electrons. The molecule has 5 heteroatoms. The van der Waals surface area contributed by atoms with E-state index in [1.807, 2.05) is 31.2 Å². The van der Waals surface area contributed by atoms with Crippen molar-refractivity contribution < 1.29 is 14.3 Å². The monoisotopic (exact) mass is 294 g/mol. The molecule has 0 aliphatic carbocycles. The lowest BCUT2D eigenvalue weighted by Crippen LogP contribution is -2.29. The van der Waals surface area contributed by atoms with E-state index < -0.39 is 6.10 Å². The smallest absolute Gasteiger partial charge is 0.253 e. The second-order valence-corrected chi connectivity index (χ2v) is 4.64. The first-order valence-corrected chi connectivity index (χ1v) is 7.47. The first kappa shape index (κ1) is 17.6. The Kier molecular flexibility index (Phi) is 8.66. The van der Waals surface area contributed by atoms with E-state index in [9.17, 15) is 4.79 Å². The van der Waals surface area contributed by atoms with Crippen molar-refractivity contribution in [3.8, 4) is 0 Å². The molecule has 0 aliphatic heterocycles. The molecule has 0 saturated heterocycles. The van der Waals surface area contributed by atoms with Crippen molar-refractivity contribution in [2.24, 2.45) is 0 Å². The highest BCUT2D eigenvalue weighted by molar-refractivity contribution is 5.94. The van der Waals surface area contributed by atoms with Crippen molar-refractivity contribution in [3.05, 3.63) is 29.8 Å². The van der Waals surface area contributed by atoms with E-state index in [4.69, 9.17) is 9.47 Å². The number of rotatable bonds is 10. The van der Waals surface area contributed by atoms with Crippen LogP contribution in [-0.4, -0.2) is 38.4 Å². The number of carbonyl (C=O) groups excluding carboxylic acids is 1. The maximum absolute atomic E-state index is 12.1. The van der Waals surface area contributed by atoms with Crippen LogP contribution in [0.25, 0.3) is 0 Å². The van der Waals surface area contributed by atoms with Crippen LogP contribution in [0.4, 0.5) is 5.69 Å². The van der Waals surface area contributed by atoms with Crippen LogP contribution in [0.15, 0.2) is 24.3 Å². The fourth-order valence-electron chi connectivity index (χ4n) is 1.79. The molecule has 5 nitrogen and oxygen atoms in total. The van der Waals surface area contributed by atoms with Crippen LogP contribution in [0.3, 0.4) is 0 Å². The van der Waals surface area contributed by atoms with Gasteiger partial charge >= 0.3 is 0 Å². The molecule has 21 heavy (non-hydrogen) atoms. The molecule has 1 atom stereocenters. The maximum Gasteiger partial charge on any atom is 0.253 e. The summed E-state index contributed by atoms with van der Waals surface area (Å²) in [6.45, 7) is 8.92. The number of nitrogens with one attached hydrogen (secondary N) is 2. The van der Waals surface area contributed by atoms with Crippen LogP contribution >= 0.6 is 0 Å². The Morgan fingerprint density at radius 2 is 2.00 bits per heavy atom. The van der Waals surface area contributed by atoms with Gasteiger partial charge in [-0.25, -0.2) is 0 Å². The van der Waals surface area contributed by atoms with Crippen LogP contribution in [0.5, 0.6) is 0 Å². The standard InChI is InChI=1S/C16H26N2O3/c1-4-17-12-14-8-6-7-9-15(14)18-16(19)13(3)21-11-10-20-5-2/h6-9,13,17H,4-5,10-12H2,1-3H3,(H,18,19). The maximum atomic E-state index is 12.1. The number of anilines is 1. The van der Waals surface area contributed by atoms with Gasteiger partial charge in [-0.1, -0.05) is 25.1 Å². The SMILES string of the molecule is CCNCc1ccccc1NC(=O)C(C)OCCOCC. The van der Waals surface area contributed by atoms with Crippen molar-refractivity contribution in [2.45, 2.75) is 33.4 Å². The van der Waals surface area contributed by atoms with Crippen LogP contribution in [0, 0.1) is 0 Å². The molecule has 118 valence electrons. The Balaban J connectivity index is 2.49. The molecular weight excluding hydrogens is 268 g/mol. The van der Waals surface area contributed by atoms with Gasteiger partial charge in [0.15, 0.2) is 0 Å². The van der Waals surface area contributed by atoms with Crippen LogP contribution in [0.2, 0.25) is 0 Å². The summed E-state index contributed by atoms with van der Waals surface area (Å²) in [6, 6.07) is 7.77. The normalized spacial score (nSPS) is 12.1. The van der Waals surface area contributed by atoms with Crippen molar-refractivity contribution in [3.63, 3.8) is 0 Å². The molecule has 0 saturated carbocycles. The molecule has 0 fully saturated rings. The largest absolute Gasteiger partial charge is 0.379 e. The number of hydrogen-bond donors (Lipinski definition) is 2. The van der Waals surface area contributed by atoms with Crippen molar-refractivity contribution in [2.75, 3.05) is 31.7 Å². The predicted molar refractivity (Wildman–Crippen MR) is 84.4 cm³/mol. The Morgan fingerprint density at radius 3 is 2.71 bits per heavy atom. The molecule has 2 N–H and O–H groups in total. The number of carbonyl (C=O) groups is 1. The van der Waals surface area contributed by atoms with E-state index in [2.05, 4.69) is 17.6 Å². The highest BCUT2D eigenvalue weighted by atomic mass is 16.5. The zero-order valence-corrected chi connectivity index (χ0v) is 13.1.